The topological polar surface area (TPSA) is 29.5 Å². The Labute approximate surface area is 85.5 Å². The molecular weight excluding hydrogens is 176 g/mol. The molecule has 1 rings (SSSR count). The van der Waals surface area contributed by atoms with Gasteiger partial charge in [0.2, 0.25) is 0 Å². The molecule has 0 aliphatic rings. The standard InChI is InChI=1S/C12H18O2/c1-3-10-9-12(13)6-5-11(10)7-8-14-4-2/h5-6,9,13H,3-4,7-8H2,1-2H3. The lowest BCUT2D eigenvalue weighted by atomic mass is 10.0. The Bertz CT molecular complexity index is 282. The summed E-state index contributed by atoms with van der Waals surface area (Å²) in [4.78, 5) is 0. The van der Waals surface area contributed by atoms with Gasteiger partial charge in [-0.3, -0.25) is 0 Å². The molecule has 0 aliphatic carbocycles. The van der Waals surface area contributed by atoms with E-state index < -0.39 is 0 Å². The number of hydrogen-bond acceptors (Lipinski definition) is 2. The fraction of sp³-hybridized carbons (Fsp3) is 0.500. The maximum atomic E-state index is 9.31. The lowest BCUT2D eigenvalue weighted by Crippen LogP contribution is -2.00. The van der Waals surface area contributed by atoms with E-state index in [0.29, 0.717) is 5.75 Å². The smallest absolute Gasteiger partial charge is 0.115 e. The van der Waals surface area contributed by atoms with Gasteiger partial charge in [0, 0.05) is 6.61 Å². The number of aromatic hydroxyl groups is 1. The van der Waals surface area contributed by atoms with Crippen molar-refractivity contribution in [3.8, 4) is 5.75 Å². The van der Waals surface area contributed by atoms with Gasteiger partial charge in [0.1, 0.15) is 5.75 Å². The summed E-state index contributed by atoms with van der Waals surface area (Å²) in [5.41, 5.74) is 2.49. The molecule has 0 fully saturated rings. The molecule has 0 unspecified atom stereocenters. The minimum atomic E-state index is 0.349. The van der Waals surface area contributed by atoms with Gasteiger partial charge in [-0.15, -0.1) is 0 Å². The molecule has 1 N–H and O–H groups in total. The maximum Gasteiger partial charge on any atom is 0.115 e. The van der Waals surface area contributed by atoms with E-state index in [-0.39, 0.29) is 0 Å². The Morgan fingerprint density at radius 3 is 2.64 bits per heavy atom. The van der Waals surface area contributed by atoms with Crippen LogP contribution in [0.1, 0.15) is 25.0 Å². The number of aryl methyl sites for hydroxylation is 1. The van der Waals surface area contributed by atoms with Crippen molar-refractivity contribution in [1.82, 2.24) is 0 Å². The van der Waals surface area contributed by atoms with Gasteiger partial charge in [-0.25, -0.2) is 0 Å². The van der Waals surface area contributed by atoms with Gasteiger partial charge in [0.25, 0.3) is 0 Å². The van der Waals surface area contributed by atoms with E-state index in [4.69, 9.17) is 4.74 Å². The zero-order valence-corrected chi connectivity index (χ0v) is 8.92. The molecule has 0 amide bonds. The fourth-order valence-corrected chi connectivity index (χ4v) is 1.51. The molecule has 0 bridgehead atoms. The lowest BCUT2D eigenvalue weighted by Gasteiger charge is -2.08. The van der Waals surface area contributed by atoms with Crippen LogP contribution in [0.5, 0.6) is 5.75 Å². The predicted molar refractivity (Wildman–Crippen MR) is 57.7 cm³/mol. The normalized spacial score (nSPS) is 10.4. The molecule has 1 aromatic rings. The van der Waals surface area contributed by atoms with Gasteiger partial charge in [-0.05, 0) is 43.0 Å². The van der Waals surface area contributed by atoms with Crippen LogP contribution < -0.4 is 0 Å². The van der Waals surface area contributed by atoms with Crippen LogP contribution in [-0.2, 0) is 17.6 Å². The zero-order chi connectivity index (χ0) is 10.4. The Morgan fingerprint density at radius 2 is 2.00 bits per heavy atom. The van der Waals surface area contributed by atoms with E-state index in [1.807, 2.05) is 19.1 Å². The lowest BCUT2D eigenvalue weighted by molar-refractivity contribution is 0.150. The first-order valence-corrected chi connectivity index (χ1v) is 5.16. The van der Waals surface area contributed by atoms with Gasteiger partial charge in [-0.2, -0.15) is 0 Å². The third kappa shape index (κ3) is 3.04. The van der Waals surface area contributed by atoms with Crippen molar-refractivity contribution in [3.05, 3.63) is 29.3 Å². The molecular formula is C12H18O2. The van der Waals surface area contributed by atoms with E-state index in [1.165, 1.54) is 11.1 Å². The second-order valence-electron chi connectivity index (χ2n) is 3.25. The van der Waals surface area contributed by atoms with Crippen molar-refractivity contribution >= 4 is 0 Å². The van der Waals surface area contributed by atoms with Crippen LogP contribution in [-0.4, -0.2) is 18.3 Å². The first-order valence-electron chi connectivity index (χ1n) is 5.16. The Balaban J connectivity index is 2.65. The highest BCUT2D eigenvalue weighted by atomic mass is 16.5. The minimum Gasteiger partial charge on any atom is -0.508 e. The summed E-state index contributed by atoms with van der Waals surface area (Å²) < 4.78 is 5.30. The molecule has 78 valence electrons. The molecule has 0 radical (unpaired) electrons. The molecule has 0 heterocycles. The van der Waals surface area contributed by atoms with Crippen molar-refractivity contribution in [2.45, 2.75) is 26.7 Å². The number of phenolic OH excluding ortho intramolecular Hbond substituents is 1. The molecule has 0 saturated carbocycles. The Kier molecular flexibility index (Phi) is 4.47. The van der Waals surface area contributed by atoms with Crippen molar-refractivity contribution in [1.29, 1.82) is 0 Å². The summed E-state index contributed by atoms with van der Waals surface area (Å²) in [6.07, 6.45) is 1.88. The van der Waals surface area contributed by atoms with E-state index >= 15 is 0 Å². The van der Waals surface area contributed by atoms with Gasteiger partial charge >= 0.3 is 0 Å². The van der Waals surface area contributed by atoms with Crippen LogP contribution in [0, 0.1) is 0 Å². The van der Waals surface area contributed by atoms with E-state index in [2.05, 4.69) is 6.92 Å². The average Bonchev–Trinajstić information content (AvgIpc) is 2.20. The average molecular weight is 194 g/mol. The van der Waals surface area contributed by atoms with Crippen molar-refractivity contribution < 1.29 is 9.84 Å². The Hall–Kier alpha value is -1.02. The third-order valence-electron chi connectivity index (χ3n) is 2.29. The van der Waals surface area contributed by atoms with Crippen LogP contribution in [0.4, 0.5) is 0 Å². The highest BCUT2D eigenvalue weighted by Crippen LogP contribution is 2.17. The van der Waals surface area contributed by atoms with Crippen LogP contribution in [0.15, 0.2) is 18.2 Å². The third-order valence-corrected chi connectivity index (χ3v) is 2.29. The largest absolute Gasteiger partial charge is 0.508 e. The number of hydrogen-bond donors (Lipinski definition) is 1. The van der Waals surface area contributed by atoms with Gasteiger partial charge in [0.15, 0.2) is 0 Å². The number of rotatable bonds is 5. The van der Waals surface area contributed by atoms with Crippen molar-refractivity contribution in [2.24, 2.45) is 0 Å². The quantitative estimate of drug-likeness (QED) is 0.730. The van der Waals surface area contributed by atoms with Crippen molar-refractivity contribution in [2.75, 3.05) is 13.2 Å². The summed E-state index contributed by atoms with van der Waals surface area (Å²) in [6.45, 7) is 5.62. The number of benzene rings is 1. The molecule has 14 heavy (non-hydrogen) atoms. The van der Waals surface area contributed by atoms with Gasteiger partial charge in [0.05, 0.1) is 6.61 Å². The van der Waals surface area contributed by atoms with Crippen LogP contribution in [0.2, 0.25) is 0 Å². The summed E-state index contributed by atoms with van der Waals surface area (Å²) in [7, 11) is 0. The first kappa shape index (κ1) is 11.1. The Morgan fingerprint density at radius 1 is 1.21 bits per heavy atom. The molecule has 0 aliphatic heterocycles. The predicted octanol–water partition coefficient (Wildman–Crippen LogP) is 2.53. The summed E-state index contributed by atoms with van der Waals surface area (Å²) >= 11 is 0. The summed E-state index contributed by atoms with van der Waals surface area (Å²) in [6, 6.07) is 5.55. The van der Waals surface area contributed by atoms with Crippen LogP contribution in [0.25, 0.3) is 0 Å². The highest BCUT2D eigenvalue weighted by molar-refractivity contribution is 5.35. The second-order valence-corrected chi connectivity index (χ2v) is 3.25. The maximum absolute atomic E-state index is 9.31. The molecule has 0 atom stereocenters. The summed E-state index contributed by atoms with van der Waals surface area (Å²) in [5, 5.41) is 9.31. The van der Waals surface area contributed by atoms with Gasteiger partial charge < -0.3 is 9.84 Å². The highest BCUT2D eigenvalue weighted by Gasteiger charge is 2.01. The molecule has 0 aromatic heterocycles. The first-order chi connectivity index (χ1) is 6.77. The molecule has 2 nitrogen and oxygen atoms in total. The van der Waals surface area contributed by atoms with Crippen LogP contribution in [0.3, 0.4) is 0 Å². The molecule has 0 saturated heterocycles. The van der Waals surface area contributed by atoms with Gasteiger partial charge in [-0.1, -0.05) is 13.0 Å². The van der Waals surface area contributed by atoms with E-state index in [9.17, 15) is 5.11 Å². The minimum absolute atomic E-state index is 0.349. The molecule has 2 heteroatoms. The van der Waals surface area contributed by atoms with Crippen LogP contribution >= 0.6 is 0 Å². The molecule has 0 spiro atoms. The van der Waals surface area contributed by atoms with Crippen molar-refractivity contribution in [3.63, 3.8) is 0 Å². The second kappa shape index (κ2) is 5.66. The number of phenols is 1. The summed E-state index contributed by atoms with van der Waals surface area (Å²) in [5.74, 6) is 0.349. The SMILES string of the molecule is CCOCCc1ccc(O)cc1CC. The van der Waals surface area contributed by atoms with E-state index in [0.717, 1.165) is 26.1 Å². The zero-order valence-electron chi connectivity index (χ0n) is 8.92. The molecule has 1 aromatic carbocycles. The fourth-order valence-electron chi connectivity index (χ4n) is 1.51. The monoisotopic (exact) mass is 194 g/mol. The van der Waals surface area contributed by atoms with E-state index in [1.54, 1.807) is 6.07 Å². The number of ether oxygens (including phenoxy) is 1.